The lowest BCUT2D eigenvalue weighted by atomic mass is 10.0. The first kappa shape index (κ1) is 15.6. The van der Waals surface area contributed by atoms with Crippen LogP contribution in [0.4, 0.5) is 5.95 Å². The van der Waals surface area contributed by atoms with Crippen molar-refractivity contribution in [1.29, 1.82) is 0 Å². The Kier molecular flexibility index (Phi) is 4.47. The highest BCUT2D eigenvalue weighted by Gasteiger charge is 2.11. The van der Waals surface area contributed by atoms with Crippen molar-refractivity contribution >= 4 is 11.9 Å². The molecule has 6 nitrogen and oxygen atoms in total. The maximum absolute atomic E-state index is 11.3. The third-order valence-corrected chi connectivity index (χ3v) is 3.52. The van der Waals surface area contributed by atoms with Gasteiger partial charge in [0.1, 0.15) is 0 Å². The van der Waals surface area contributed by atoms with Crippen molar-refractivity contribution in [2.24, 2.45) is 0 Å². The molecule has 0 aliphatic carbocycles. The molecular formula is C18H16N4O2. The monoisotopic (exact) mass is 320 g/mol. The van der Waals surface area contributed by atoms with Gasteiger partial charge in [-0.05, 0) is 30.7 Å². The Morgan fingerprint density at radius 3 is 2.67 bits per heavy atom. The second-order valence-corrected chi connectivity index (χ2v) is 5.26. The molecule has 24 heavy (non-hydrogen) atoms. The number of carboxylic acids is 1. The molecule has 2 N–H and O–H groups in total. The molecule has 0 saturated carbocycles. The first-order chi connectivity index (χ1) is 11.6. The van der Waals surface area contributed by atoms with E-state index in [1.165, 1.54) is 0 Å². The van der Waals surface area contributed by atoms with Crippen molar-refractivity contribution in [3.8, 4) is 11.1 Å². The van der Waals surface area contributed by atoms with Gasteiger partial charge in [-0.2, -0.15) is 0 Å². The zero-order chi connectivity index (χ0) is 16.9. The summed E-state index contributed by atoms with van der Waals surface area (Å²) in [7, 11) is 0. The molecule has 0 spiro atoms. The average molecular weight is 320 g/mol. The number of aryl methyl sites for hydroxylation is 1. The molecule has 0 aliphatic heterocycles. The summed E-state index contributed by atoms with van der Waals surface area (Å²) in [5.41, 5.74) is 3.39. The molecule has 0 saturated heterocycles. The van der Waals surface area contributed by atoms with E-state index in [0.29, 0.717) is 18.1 Å². The van der Waals surface area contributed by atoms with Crippen LogP contribution in [0.15, 0.2) is 54.9 Å². The van der Waals surface area contributed by atoms with Gasteiger partial charge < -0.3 is 10.4 Å². The van der Waals surface area contributed by atoms with Crippen molar-refractivity contribution in [3.05, 3.63) is 71.8 Å². The fourth-order valence-corrected chi connectivity index (χ4v) is 2.31. The van der Waals surface area contributed by atoms with E-state index in [4.69, 9.17) is 0 Å². The van der Waals surface area contributed by atoms with Crippen LogP contribution in [0.3, 0.4) is 0 Å². The van der Waals surface area contributed by atoms with Crippen LogP contribution in [0, 0.1) is 6.92 Å². The SMILES string of the molecule is Cc1ccnc(NCc2ccc(-c3ccccc3C(=O)O)cn2)n1. The quantitative estimate of drug-likeness (QED) is 0.751. The van der Waals surface area contributed by atoms with Gasteiger partial charge in [0.15, 0.2) is 0 Å². The predicted molar refractivity (Wildman–Crippen MR) is 90.7 cm³/mol. The third kappa shape index (κ3) is 3.55. The molecule has 0 atom stereocenters. The highest BCUT2D eigenvalue weighted by atomic mass is 16.4. The van der Waals surface area contributed by atoms with E-state index in [1.807, 2.05) is 31.2 Å². The third-order valence-electron chi connectivity index (χ3n) is 3.52. The lowest BCUT2D eigenvalue weighted by molar-refractivity contribution is 0.0697. The van der Waals surface area contributed by atoms with Crippen LogP contribution in [-0.2, 0) is 6.54 Å². The van der Waals surface area contributed by atoms with E-state index in [9.17, 15) is 9.90 Å². The van der Waals surface area contributed by atoms with E-state index in [1.54, 1.807) is 30.6 Å². The zero-order valence-corrected chi connectivity index (χ0v) is 13.1. The lowest BCUT2D eigenvalue weighted by Crippen LogP contribution is -2.05. The number of nitrogens with one attached hydrogen (secondary N) is 1. The van der Waals surface area contributed by atoms with Gasteiger partial charge >= 0.3 is 5.97 Å². The maximum atomic E-state index is 11.3. The van der Waals surface area contributed by atoms with Crippen molar-refractivity contribution in [3.63, 3.8) is 0 Å². The number of pyridine rings is 1. The Bertz CT molecular complexity index is 863. The van der Waals surface area contributed by atoms with Gasteiger partial charge in [-0.3, -0.25) is 4.98 Å². The standard InChI is InChI=1S/C18H16N4O2/c1-12-8-9-19-18(22-12)21-11-14-7-6-13(10-20-14)15-4-2-3-5-16(15)17(23)24/h2-10H,11H2,1H3,(H,23,24)(H,19,21,22). The maximum Gasteiger partial charge on any atom is 0.336 e. The molecule has 1 aromatic carbocycles. The van der Waals surface area contributed by atoms with E-state index in [-0.39, 0.29) is 5.56 Å². The number of anilines is 1. The molecule has 3 aromatic rings. The summed E-state index contributed by atoms with van der Waals surface area (Å²) in [6.07, 6.45) is 3.37. The Labute approximate surface area is 139 Å². The molecule has 6 heteroatoms. The van der Waals surface area contributed by atoms with Crippen LogP contribution in [0.2, 0.25) is 0 Å². The molecule has 0 radical (unpaired) electrons. The molecule has 0 bridgehead atoms. The number of hydrogen-bond donors (Lipinski definition) is 2. The largest absolute Gasteiger partial charge is 0.478 e. The van der Waals surface area contributed by atoms with Crippen molar-refractivity contribution in [1.82, 2.24) is 15.0 Å². The smallest absolute Gasteiger partial charge is 0.336 e. The number of hydrogen-bond acceptors (Lipinski definition) is 5. The summed E-state index contributed by atoms with van der Waals surface area (Å²) < 4.78 is 0. The number of carboxylic acid groups (broad SMARTS) is 1. The van der Waals surface area contributed by atoms with Crippen LogP contribution < -0.4 is 5.32 Å². The van der Waals surface area contributed by atoms with Crippen LogP contribution in [0.5, 0.6) is 0 Å². The number of benzene rings is 1. The molecule has 2 aromatic heterocycles. The number of nitrogens with zero attached hydrogens (tertiary/aromatic N) is 3. The fraction of sp³-hybridized carbons (Fsp3) is 0.111. The van der Waals surface area contributed by atoms with Gasteiger partial charge in [0, 0.05) is 23.7 Å². The minimum atomic E-state index is -0.951. The van der Waals surface area contributed by atoms with Crippen molar-refractivity contribution < 1.29 is 9.90 Å². The minimum absolute atomic E-state index is 0.262. The molecule has 0 amide bonds. The first-order valence-corrected chi connectivity index (χ1v) is 7.44. The zero-order valence-electron chi connectivity index (χ0n) is 13.1. The summed E-state index contributed by atoms with van der Waals surface area (Å²) in [5.74, 6) is -0.398. The first-order valence-electron chi connectivity index (χ1n) is 7.44. The number of aromatic carboxylic acids is 1. The van der Waals surface area contributed by atoms with Gasteiger partial charge in [-0.25, -0.2) is 14.8 Å². The predicted octanol–water partition coefficient (Wildman–Crippen LogP) is 3.16. The molecule has 3 rings (SSSR count). The van der Waals surface area contributed by atoms with E-state index >= 15 is 0 Å². The number of rotatable bonds is 5. The van der Waals surface area contributed by atoms with Gasteiger partial charge in [0.05, 0.1) is 17.8 Å². The Hall–Kier alpha value is -3.28. The molecule has 0 unspecified atom stereocenters. The second-order valence-electron chi connectivity index (χ2n) is 5.26. The van der Waals surface area contributed by atoms with Gasteiger partial charge in [-0.1, -0.05) is 24.3 Å². The number of aromatic nitrogens is 3. The molecular weight excluding hydrogens is 304 g/mol. The van der Waals surface area contributed by atoms with Crippen LogP contribution >= 0.6 is 0 Å². The van der Waals surface area contributed by atoms with Gasteiger partial charge in [-0.15, -0.1) is 0 Å². The van der Waals surface area contributed by atoms with Crippen LogP contribution in [0.25, 0.3) is 11.1 Å². The van der Waals surface area contributed by atoms with Crippen LogP contribution in [0.1, 0.15) is 21.7 Å². The minimum Gasteiger partial charge on any atom is -0.478 e. The molecule has 0 aliphatic rings. The average Bonchev–Trinajstić information content (AvgIpc) is 2.60. The number of carbonyl (C=O) groups is 1. The summed E-state index contributed by atoms with van der Waals surface area (Å²) >= 11 is 0. The molecule has 2 heterocycles. The Morgan fingerprint density at radius 2 is 1.96 bits per heavy atom. The summed E-state index contributed by atoms with van der Waals surface area (Å²) in [6.45, 7) is 2.39. The van der Waals surface area contributed by atoms with E-state index in [2.05, 4.69) is 20.3 Å². The van der Waals surface area contributed by atoms with Crippen molar-refractivity contribution in [2.75, 3.05) is 5.32 Å². The van der Waals surface area contributed by atoms with Gasteiger partial charge in [0.2, 0.25) is 5.95 Å². The van der Waals surface area contributed by atoms with Gasteiger partial charge in [0.25, 0.3) is 0 Å². The second kappa shape index (κ2) is 6.87. The summed E-state index contributed by atoms with van der Waals surface area (Å²) in [4.78, 5) is 24.1. The lowest BCUT2D eigenvalue weighted by Gasteiger charge is -2.08. The molecule has 0 fully saturated rings. The Morgan fingerprint density at radius 1 is 1.12 bits per heavy atom. The van der Waals surface area contributed by atoms with Crippen LogP contribution in [-0.4, -0.2) is 26.0 Å². The van der Waals surface area contributed by atoms with E-state index in [0.717, 1.165) is 17.0 Å². The Balaban J connectivity index is 1.75. The fourth-order valence-electron chi connectivity index (χ4n) is 2.31. The van der Waals surface area contributed by atoms with E-state index < -0.39 is 5.97 Å². The highest BCUT2D eigenvalue weighted by Crippen LogP contribution is 2.23. The topological polar surface area (TPSA) is 88.0 Å². The summed E-state index contributed by atoms with van der Waals surface area (Å²) in [6, 6.07) is 12.4. The van der Waals surface area contributed by atoms with Crippen molar-refractivity contribution in [2.45, 2.75) is 13.5 Å². The summed E-state index contributed by atoms with van der Waals surface area (Å²) in [5, 5.41) is 12.4. The molecule has 120 valence electrons. The highest BCUT2D eigenvalue weighted by molar-refractivity contribution is 5.95. The normalized spacial score (nSPS) is 10.4.